The largest absolute Gasteiger partial charge is 0.549 e. The molecule has 25 heavy (non-hydrogen) atoms. The monoisotopic (exact) mass is 354 g/mol. The maximum atomic E-state index is 11.5. The standard InChI is InChI=1S/C21H40O4/c1-3-5-7-9-11-13-15-17-21(19(22)23,20(24)25)18-16-14-12-10-8-6-4-2/h3-18H2,1-2H3,(H,22,23)(H,24,25)/p-2. The number of unbranched alkanes of at least 4 members (excludes halogenated alkanes) is 12. The Labute approximate surface area is 154 Å². The molecule has 0 amide bonds. The van der Waals surface area contributed by atoms with Crippen LogP contribution in [0.15, 0.2) is 0 Å². The SMILES string of the molecule is CCCCCCCCCC(CCCCCCCCC)(C(=O)[O-])C(=O)[O-]. The predicted molar refractivity (Wildman–Crippen MR) is 97.7 cm³/mol. The van der Waals surface area contributed by atoms with Gasteiger partial charge in [-0.25, -0.2) is 0 Å². The van der Waals surface area contributed by atoms with Crippen LogP contribution in [0, 0.1) is 5.41 Å². The van der Waals surface area contributed by atoms with Crippen LogP contribution in [0.25, 0.3) is 0 Å². The summed E-state index contributed by atoms with van der Waals surface area (Å²) in [6.45, 7) is 4.33. The van der Waals surface area contributed by atoms with Crippen LogP contribution in [0.4, 0.5) is 0 Å². The molecule has 0 aromatic carbocycles. The highest BCUT2D eigenvalue weighted by Gasteiger charge is 2.32. The lowest BCUT2D eigenvalue weighted by Gasteiger charge is -2.36. The van der Waals surface area contributed by atoms with E-state index in [0.717, 1.165) is 38.5 Å². The summed E-state index contributed by atoms with van der Waals surface area (Å²) in [6, 6.07) is 0. The van der Waals surface area contributed by atoms with Gasteiger partial charge in [0.15, 0.2) is 0 Å². The molecule has 0 rings (SSSR count). The maximum absolute atomic E-state index is 11.5. The van der Waals surface area contributed by atoms with Gasteiger partial charge in [0.05, 0.1) is 11.9 Å². The fraction of sp³-hybridized carbons (Fsp3) is 0.905. The highest BCUT2D eigenvalue weighted by molar-refractivity contribution is 5.96. The molecular formula is C21H38O4-2. The van der Waals surface area contributed by atoms with Crippen LogP contribution >= 0.6 is 0 Å². The number of carbonyl (C=O) groups is 2. The predicted octanol–water partition coefficient (Wildman–Crippen LogP) is 3.75. The highest BCUT2D eigenvalue weighted by Crippen LogP contribution is 2.31. The van der Waals surface area contributed by atoms with Gasteiger partial charge in [0, 0.05) is 5.41 Å². The number of aliphatic carboxylic acids is 2. The normalized spacial score (nSPS) is 11.6. The molecule has 0 spiro atoms. The summed E-state index contributed by atoms with van der Waals surface area (Å²) in [4.78, 5) is 23.1. The molecule has 0 aliphatic rings. The van der Waals surface area contributed by atoms with Crippen LogP contribution in [0.2, 0.25) is 0 Å². The van der Waals surface area contributed by atoms with Crippen LogP contribution in [0.3, 0.4) is 0 Å². The van der Waals surface area contributed by atoms with Crippen LogP contribution in [-0.4, -0.2) is 11.9 Å². The Morgan fingerprint density at radius 1 is 0.560 bits per heavy atom. The van der Waals surface area contributed by atoms with Gasteiger partial charge in [-0.2, -0.15) is 0 Å². The molecule has 0 saturated carbocycles. The van der Waals surface area contributed by atoms with Gasteiger partial charge < -0.3 is 19.8 Å². The van der Waals surface area contributed by atoms with Gasteiger partial charge in [-0.1, -0.05) is 104 Å². The molecule has 0 radical (unpaired) electrons. The molecule has 4 heteroatoms. The first-order valence-corrected chi connectivity index (χ1v) is 10.4. The molecule has 0 aliphatic heterocycles. The van der Waals surface area contributed by atoms with Crippen molar-refractivity contribution in [1.29, 1.82) is 0 Å². The maximum Gasteiger partial charge on any atom is 0.0532 e. The summed E-state index contributed by atoms with van der Waals surface area (Å²) in [5.74, 6) is -2.94. The molecule has 0 N–H and O–H groups in total. The summed E-state index contributed by atoms with van der Waals surface area (Å²) in [5.41, 5.74) is -1.80. The van der Waals surface area contributed by atoms with Crippen LogP contribution in [-0.2, 0) is 9.59 Å². The second kappa shape index (κ2) is 15.2. The van der Waals surface area contributed by atoms with Crippen LogP contribution in [0.1, 0.15) is 117 Å². The lowest BCUT2D eigenvalue weighted by Crippen LogP contribution is -2.53. The minimum absolute atomic E-state index is 0.140. The lowest BCUT2D eigenvalue weighted by molar-refractivity contribution is -0.344. The minimum atomic E-state index is -1.80. The zero-order valence-corrected chi connectivity index (χ0v) is 16.4. The van der Waals surface area contributed by atoms with Crippen LogP contribution < -0.4 is 10.2 Å². The summed E-state index contributed by atoms with van der Waals surface area (Å²) >= 11 is 0. The third-order valence-electron chi connectivity index (χ3n) is 5.20. The van der Waals surface area contributed by atoms with E-state index >= 15 is 0 Å². The van der Waals surface area contributed by atoms with Crippen molar-refractivity contribution in [3.63, 3.8) is 0 Å². The number of carboxylic acids is 2. The van der Waals surface area contributed by atoms with E-state index in [0.29, 0.717) is 12.8 Å². The second-order valence-corrected chi connectivity index (χ2v) is 7.40. The summed E-state index contributed by atoms with van der Waals surface area (Å²) in [6.07, 6.45) is 14.8. The zero-order chi connectivity index (χ0) is 19.0. The highest BCUT2D eigenvalue weighted by atomic mass is 16.4. The Morgan fingerprint density at radius 2 is 0.840 bits per heavy atom. The molecule has 4 nitrogen and oxygen atoms in total. The smallest absolute Gasteiger partial charge is 0.0532 e. The van der Waals surface area contributed by atoms with Crippen molar-refractivity contribution in [2.24, 2.45) is 5.41 Å². The molecule has 148 valence electrons. The minimum Gasteiger partial charge on any atom is -0.549 e. The molecule has 0 aromatic heterocycles. The van der Waals surface area contributed by atoms with E-state index in [2.05, 4.69) is 13.8 Å². The van der Waals surface area contributed by atoms with Gasteiger partial charge in [0.2, 0.25) is 0 Å². The third-order valence-corrected chi connectivity index (χ3v) is 5.20. The van der Waals surface area contributed by atoms with E-state index in [1.165, 1.54) is 38.5 Å². The summed E-state index contributed by atoms with van der Waals surface area (Å²) in [7, 11) is 0. The first-order chi connectivity index (χ1) is 12.0. The summed E-state index contributed by atoms with van der Waals surface area (Å²) < 4.78 is 0. The van der Waals surface area contributed by atoms with E-state index in [9.17, 15) is 19.8 Å². The quantitative estimate of drug-likeness (QED) is 0.277. The van der Waals surface area contributed by atoms with Gasteiger partial charge in [-0.15, -0.1) is 0 Å². The van der Waals surface area contributed by atoms with Gasteiger partial charge in [0.25, 0.3) is 0 Å². The Morgan fingerprint density at radius 3 is 1.12 bits per heavy atom. The van der Waals surface area contributed by atoms with Gasteiger partial charge in [-0.3, -0.25) is 0 Å². The topological polar surface area (TPSA) is 80.3 Å². The van der Waals surface area contributed by atoms with Gasteiger partial charge in [0.1, 0.15) is 0 Å². The molecule has 0 aromatic rings. The van der Waals surface area contributed by atoms with E-state index in [1.54, 1.807) is 0 Å². The van der Waals surface area contributed by atoms with Crippen molar-refractivity contribution < 1.29 is 19.8 Å². The Bertz CT molecular complexity index is 318. The molecule has 0 atom stereocenters. The average molecular weight is 355 g/mol. The zero-order valence-electron chi connectivity index (χ0n) is 16.4. The van der Waals surface area contributed by atoms with E-state index < -0.39 is 17.4 Å². The number of rotatable bonds is 18. The Hall–Kier alpha value is -1.06. The van der Waals surface area contributed by atoms with Crippen molar-refractivity contribution >= 4 is 11.9 Å². The molecule has 0 bridgehead atoms. The van der Waals surface area contributed by atoms with E-state index in [4.69, 9.17) is 0 Å². The molecule has 0 heterocycles. The van der Waals surface area contributed by atoms with Crippen molar-refractivity contribution in [1.82, 2.24) is 0 Å². The third kappa shape index (κ3) is 10.5. The molecule has 0 saturated heterocycles. The lowest BCUT2D eigenvalue weighted by atomic mass is 9.78. The van der Waals surface area contributed by atoms with Crippen molar-refractivity contribution in [3.8, 4) is 0 Å². The van der Waals surface area contributed by atoms with Crippen molar-refractivity contribution in [2.45, 2.75) is 117 Å². The van der Waals surface area contributed by atoms with E-state index in [1.807, 2.05) is 0 Å². The van der Waals surface area contributed by atoms with Gasteiger partial charge in [-0.05, 0) is 12.8 Å². The molecule has 0 unspecified atom stereocenters. The first-order valence-electron chi connectivity index (χ1n) is 10.4. The number of hydrogen-bond acceptors (Lipinski definition) is 4. The number of carbonyl (C=O) groups excluding carboxylic acids is 2. The van der Waals surface area contributed by atoms with Crippen LogP contribution in [0.5, 0.6) is 0 Å². The number of hydrogen-bond donors (Lipinski definition) is 0. The molecule has 0 fully saturated rings. The summed E-state index contributed by atoms with van der Waals surface area (Å²) in [5, 5.41) is 23.1. The Balaban J connectivity index is 4.22. The first kappa shape index (κ1) is 23.9. The van der Waals surface area contributed by atoms with E-state index in [-0.39, 0.29) is 12.8 Å². The Kier molecular flexibility index (Phi) is 14.6. The fourth-order valence-corrected chi connectivity index (χ4v) is 3.38. The second-order valence-electron chi connectivity index (χ2n) is 7.40. The van der Waals surface area contributed by atoms with Crippen molar-refractivity contribution in [3.05, 3.63) is 0 Å². The number of carboxylic acid groups (broad SMARTS) is 2. The average Bonchev–Trinajstić information content (AvgIpc) is 2.57. The van der Waals surface area contributed by atoms with Crippen molar-refractivity contribution in [2.75, 3.05) is 0 Å². The fourth-order valence-electron chi connectivity index (χ4n) is 3.38. The molecule has 0 aliphatic carbocycles. The van der Waals surface area contributed by atoms with Gasteiger partial charge >= 0.3 is 0 Å². The molecular weight excluding hydrogens is 316 g/mol.